The molecule has 0 saturated carbocycles. The van der Waals surface area contributed by atoms with E-state index < -0.39 is 23.5 Å². The molecular formula is C17H13ClF6N2S. The Kier molecular flexibility index (Phi) is 6.36. The lowest BCUT2D eigenvalue weighted by Crippen LogP contribution is -2.08. The molecule has 2 N–H and O–H groups in total. The zero-order chi connectivity index (χ0) is 20.4. The number of nitrogens with zero attached hydrogens (tertiary/aromatic N) is 1. The van der Waals surface area contributed by atoms with Crippen molar-refractivity contribution in [1.29, 1.82) is 0 Å². The second-order valence-corrected chi connectivity index (χ2v) is 6.98. The number of hydrogen-bond donors (Lipinski definition) is 1. The van der Waals surface area contributed by atoms with Crippen LogP contribution in [-0.4, -0.2) is 10.9 Å². The van der Waals surface area contributed by atoms with Crippen molar-refractivity contribution in [2.45, 2.75) is 24.2 Å². The molecule has 2 aromatic rings. The van der Waals surface area contributed by atoms with Gasteiger partial charge in [-0.05, 0) is 42.2 Å². The van der Waals surface area contributed by atoms with Crippen LogP contribution in [0.25, 0.3) is 0 Å². The number of hydrogen-bond acceptors (Lipinski definition) is 3. The van der Waals surface area contributed by atoms with Gasteiger partial charge in [-0.1, -0.05) is 18.5 Å². The molecule has 2 rings (SSSR count). The third kappa shape index (κ3) is 5.32. The monoisotopic (exact) mass is 426 g/mol. The van der Waals surface area contributed by atoms with Gasteiger partial charge in [0.25, 0.3) is 0 Å². The van der Waals surface area contributed by atoms with E-state index >= 15 is 0 Å². The average molecular weight is 427 g/mol. The fraction of sp³-hybridized carbons (Fsp3) is 0.235. The predicted molar refractivity (Wildman–Crippen MR) is 95.7 cm³/mol. The molecule has 0 heterocycles. The van der Waals surface area contributed by atoms with Gasteiger partial charge in [-0.25, -0.2) is 4.99 Å². The topological polar surface area (TPSA) is 38.4 Å². The first-order chi connectivity index (χ1) is 12.4. The van der Waals surface area contributed by atoms with E-state index in [1.54, 1.807) is 6.92 Å². The molecule has 0 saturated heterocycles. The Bertz CT molecular complexity index is 861. The van der Waals surface area contributed by atoms with Gasteiger partial charge in [0.1, 0.15) is 5.17 Å². The van der Waals surface area contributed by atoms with Crippen LogP contribution in [0.4, 0.5) is 37.7 Å². The average Bonchev–Trinajstić information content (AvgIpc) is 2.54. The first kappa shape index (κ1) is 21.4. The molecule has 2 nitrogen and oxygen atoms in total. The van der Waals surface area contributed by atoms with Crippen LogP contribution in [0.5, 0.6) is 0 Å². The fourth-order valence-electron chi connectivity index (χ4n) is 2.15. The summed E-state index contributed by atoms with van der Waals surface area (Å²) in [6, 6.07) is 5.57. The molecule has 0 fully saturated rings. The van der Waals surface area contributed by atoms with Crippen LogP contribution >= 0.6 is 23.4 Å². The lowest BCUT2D eigenvalue weighted by atomic mass is 10.1. The molecule has 146 valence electrons. The van der Waals surface area contributed by atoms with E-state index in [1.165, 1.54) is 0 Å². The van der Waals surface area contributed by atoms with Gasteiger partial charge in [-0.2, -0.15) is 26.3 Å². The molecule has 2 aromatic carbocycles. The third-order valence-electron chi connectivity index (χ3n) is 3.41. The minimum absolute atomic E-state index is 0.0528. The maximum atomic E-state index is 12.9. The van der Waals surface area contributed by atoms with Crippen LogP contribution in [-0.2, 0) is 12.4 Å². The van der Waals surface area contributed by atoms with Gasteiger partial charge in [0, 0.05) is 16.1 Å². The van der Waals surface area contributed by atoms with Crippen molar-refractivity contribution in [2.75, 3.05) is 11.5 Å². The molecule has 0 spiro atoms. The number of rotatable bonds is 4. The Morgan fingerprint density at radius 2 is 1.56 bits per heavy atom. The van der Waals surface area contributed by atoms with Crippen molar-refractivity contribution in [3.63, 3.8) is 0 Å². The molecule has 0 aliphatic heterocycles. The second kappa shape index (κ2) is 8.02. The summed E-state index contributed by atoms with van der Waals surface area (Å²) in [6.45, 7) is 1.76. The SMILES string of the molecule is CCSc1cc(C(F)(F)F)ccc1N=C(Cl)c1ccc(C(F)(F)F)cc1N. The van der Waals surface area contributed by atoms with Gasteiger partial charge >= 0.3 is 12.4 Å². The van der Waals surface area contributed by atoms with E-state index in [1.807, 2.05) is 0 Å². The highest BCUT2D eigenvalue weighted by Crippen LogP contribution is 2.38. The molecule has 0 radical (unpaired) electrons. The van der Waals surface area contributed by atoms with Crippen LogP contribution < -0.4 is 5.73 Å². The summed E-state index contributed by atoms with van der Waals surface area (Å²) in [7, 11) is 0. The van der Waals surface area contributed by atoms with Gasteiger partial charge in [0.05, 0.1) is 16.8 Å². The first-order valence-corrected chi connectivity index (χ1v) is 8.85. The Hall–Kier alpha value is -1.87. The maximum Gasteiger partial charge on any atom is 0.416 e. The summed E-state index contributed by atoms with van der Waals surface area (Å²) < 4.78 is 76.7. The summed E-state index contributed by atoms with van der Waals surface area (Å²) >= 11 is 7.21. The van der Waals surface area contributed by atoms with Gasteiger partial charge in [-0.15, -0.1) is 11.8 Å². The number of thioether (sulfide) groups is 1. The molecular weight excluding hydrogens is 414 g/mol. The number of benzene rings is 2. The van der Waals surface area contributed by atoms with Crippen molar-refractivity contribution >= 4 is 39.9 Å². The molecule has 0 bridgehead atoms. The van der Waals surface area contributed by atoms with Crippen LogP contribution in [0.1, 0.15) is 23.6 Å². The van der Waals surface area contributed by atoms with Crippen LogP contribution in [0.15, 0.2) is 46.3 Å². The van der Waals surface area contributed by atoms with Gasteiger partial charge in [0.15, 0.2) is 0 Å². The second-order valence-electron chi connectivity index (χ2n) is 5.32. The Morgan fingerprint density at radius 1 is 1.00 bits per heavy atom. The number of nitrogen functional groups attached to an aromatic ring is 1. The Balaban J connectivity index is 2.46. The maximum absolute atomic E-state index is 12.9. The van der Waals surface area contributed by atoms with Crippen LogP contribution in [0.3, 0.4) is 0 Å². The smallest absolute Gasteiger partial charge is 0.398 e. The number of anilines is 1. The molecule has 0 unspecified atom stereocenters. The van der Waals surface area contributed by atoms with E-state index in [4.69, 9.17) is 17.3 Å². The molecule has 0 aromatic heterocycles. The fourth-order valence-corrected chi connectivity index (χ4v) is 3.19. The molecule has 10 heteroatoms. The molecule has 0 amide bonds. The first-order valence-electron chi connectivity index (χ1n) is 7.48. The number of halogens is 7. The van der Waals surface area contributed by atoms with E-state index in [0.717, 1.165) is 48.2 Å². The summed E-state index contributed by atoms with van der Waals surface area (Å²) in [5, 5.41) is -0.223. The van der Waals surface area contributed by atoms with Crippen molar-refractivity contribution in [3.05, 3.63) is 53.1 Å². The van der Waals surface area contributed by atoms with Gasteiger partial charge < -0.3 is 5.73 Å². The zero-order valence-corrected chi connectivity index (χ0v) is 15.3. The van der Waals surface area contributed by atoms with Crippen LogP contribution in [0, 0.1) is 0 Å². The predicted octanol–water partition coefficient (Wildman–Crippen LogP) is 6.74. The molecule has 0 atom stereocenters. The minimum atomic E-state index is -4.56. The van der Waals surface area contributed by atoms with Crippen molar-refractivity contribution in [1.82, 2.24) is 0 Å². The zero-order valence-electron chi connectivity index (χ0n) is 13.7. The van der Waals surface area contributed by atoms with Crippen LogP contribution in [0.2, 0.25) is 0 Å². The largest absolute Gasteiger partial charge is 0.416 e. The quantitative estimate of drug-likeness (QED) is 0.254. The van der Waals surface area contributed by atoms with E-state index in [2.05, 4.69) is 4.99 Å². The highest BCUT2D eigenvalue weighted by molar-refractivity contribution is 7.99. The molecule has 0 aliphatic carbocycles. The summed E-state index contributed by atoms with van der Waals surface area (Å²) in [5.74, 6) is 0.490. The van der Waals surface area contributed by atoms with Gasteiger partial charge in [0.2, 0.25) is 0 Å². The lowest BCUT2D eigenvalue weighted by Gasteiger charge is -2.12. The summed E-state index contributed by atoms with van der Waals surface area (Å²) in [6.07, 6.45) is -9.07. The van der Waals surface area contributed by atoms with E-state index in [0.29, 0.717) is 5.75 Å². The standard InChI is InChI=1S/C17H13ClF6N2S/c1-2-27-14-8-10(17(22,23)24)4-6-13(14)26-15(18)11-5-3-9(7-12(11)25)16(19,20)21/h3-8H,2,25H2,1H3. The molecule has 0 aliphatic rings. The lowest BCUT2D eigenvalue weighted by molar-refractivity contribution is -0.138. The Labute approximate surface area is 160 Å². The van der Waals surface area contributed by atoms with E-state index in [-0.39, 0.29) is 27.0 Å². The number of aliphatic imine (C=N–C) groups is 1. The minimum Gasteiger partial charge on any atom is -0.398 e. The van der Waals surface area contributed by atoms with Crippen molar-refractivity contribution in [3.8, 4) is 0 Å². The normalized spacial score (nSPS) is 13.1. The number of alkyl halides is 6. The van der Waals surface area contributed by atoms with Crippen molar-refractivity contribution in [2.24, 2.45) is 4.99 Å². The highest BCUT2D eigenvalue weighted by atomic mass is 35.5. The van der Waals surface area contributed by atoms with Gasteiger partial charge in [-0.3, -0.25) is 0 Å². The summed E-state index contributed by atoms with van der Waals surface area (Å²) in [4.78, 5) is 4.30. The summed E-state index contributed by atoms with van der Waals surface area (Å²) in [5.41, 5.74) is 3.84. The van der Waals surface area contributed by atoms with E-state index in [9.17, 15) is 26.3 Å². The Morgan fingerprint density at radius 3 is 2.07 bits per heavy atom. The third-order valence-corrected chi connectivity index (χ3v) is 4.62. The number of nitrogens with two attached hydrogens (primary N) is 1. The highest BCUT2D eigenvalue weighted by Gasteiger charge is 2.32. The molecule has 27 heavy (non-hydrogen) atoms. The van der Waals surface area contributed by atoms with Crippen molar-refractivity contribution < 1.29 is 26.3 Å².